The first kappa shape index (κ1) is 21.9. The zero-order chi connectivity index (χ0) is 20.5. The summed E-state index contributed by atoms with van der Waals surface area (Å²) >= 11 is 7.59. The molecular formula is C20H25ClN3O3S+. The number of methoxy groups -OCH3 is 1. The fourth-order valence-corrected chi connectivity index (χ4v) is 3.57. The van der Waals surface area contributed by atoms with Crippen molar-refractivity contribution in [2.45, 2.75) is 6.54 Å². The molecule has 2 amide bonds. The number of carbonyl (C=O) groups is 2. The minimum Gasteiger partial charge on any atom is -0.495 e. The van der Waals surface area contributed by atoms with E-state index in [9.17, 15) is 9.59 Å². The van der Waals surface area contributed by atoms with Crippen molar-refractivity contribution in [1.29, 1.82) is 0 Å². The predicted octanol–water partition coefficient (Wildman–Crippen LogP) is 2.08. The number of nitrogens with zero attached hydrogens (tertiary/aromatic N) is 1. The van der Waals surface area contributed by atoms with Gasteiger partial charge in [0, 0.05) is 16.4 Å². The van der Waals surface area contributed by atoms with Crippen molar-refractivity contribution < 1.29 is 19.2 Å². The van der Waals surface area contributed by atoms with Crippen LogP contribution in [0.25, 0.3) is 0 Å². The summed E-state index contributed by atoms with van der Waals surface area (Å²) in [5, 5.41) is 5.27. The number of likely N-dealkylation sites (N-methyl/N-ethyl adjacent to an activating group) is 1. The minimum atomic E-state index is -0.223. The maximum atomic E-state index is 12.6. The minimum absolute atomic E-state index is 0.0288. The number of rotatable bonds is 10. The van der Waals surface area contributed by atoms with E-state index >= 15 is 0 Å². The van der Waals surface area contributed by atoms with Crippen LogP contribution in [0.1, 0.15) is 4.88 Å². The van der Waals surface area contributed by atoms with Gasteiger partial charge in [0.25, 0.3) is 11.8 Å². The molecule has 0 spiro atoms. The Bertz CT molecular complexity index is 811. The lowest BCUT2D eigenvalue weighted by molar-refractivity contribution is -0.862. The van der Waals surface area contributed by atoms with Gasteiger partial charge in [-0.1, -0.05) is 23.7 Å². The number of quaternary nitrogens is 1. The Morgan fingerprint density at radius 1 is 1.36 bits per heavy atom. The zero-order valence-electron chi connectivity index (χ0n) is 16.0. The Labute approximate surface area is 174 Å². The van der Waals surface area contributed by atoms with Crippen LogP contribution in [0.15, 0.2) is 48.4 Å². The van der Waals surface area contributed by atoms with Crippen LogP contribution in [0.3, 0.4) is 0 Å². The molecule has 2 aromatic rings. The van der Waals surface area contributed by atoms with E-state index in [1.807, 2.05) is 24.6 Å². The topological polar surface area (TPSA) is 63.1 Å². The Morgan fingerprint density at radius 3 is 2.79 bits per heavy atom. The average Bonchev–Trinajstić information content (AvgIpc) is 3.14. The van der Waals surface area contributed by atoms with E-state index in [1.54, 1.807) is 40.5 Å². The fourth-order valence-electron chi connectivity index (χ4n) is 2.68. The van der Waals surface area contributed by atoms with Gasteiger partial charge in [0.05, 0.1) is 26.4 Å². The van der Waals surface area contributed by atoms with Crippen LogP contribution >= 0.6 is 22.9 Å². The summed E-state index contributed by atoms with van der Waals surface area (Å²) in [5.74, 6) is 0.276. The van der Waals surface area contributed by atoms with Gasteiger partial charge in [-0.2, -0.15) is 0 Å². The molecule has 2 rings (SSSR count). The lowest BCUT2D eigenvalue weighted by Gasteiger charge is -2.22. The molecule has 1 heterocycles. The monoisotopic (exact) mass is 422 g/mol. The van der Waals surface area contributed by atoms with E-state index in [2.05, 4.69) is 11.9 Å². The number of carbonyl (C=O) groups excluding carboxylic acids is 2. The van der Waals surface area contributed by atoms with Crippen molar-refractivity contribution in [3.05, 3.63) is 58.3 Å². The number of hydrogen-bond acceptors (Lipinski definition) is 4. The molecule has 0 saturated heterocycles. The number of halogens is 1. The molecule has 1 unspecified atom stereocenters. The van der Waals surface area contributed by atoms with Gasteiger partial charge in [-0.3, -0.25) is 9.59 Å². The zero-order valence-corrected chi connectivity index (χ0v) is 17.6. The molecule has 0 aliphatic carbocycles. The average molecular weight is 423 g/mol. The second kappa shape index (κ2) is 10.8. The molecular weight excluding hydrogens is 398 g/mol. The molecule has 28 heavy (non-hydrogen) atoms. The van der Waals surface area contributed by atoms with E-state index in [1.165, 1.54) is 7.11 Å². The Balaban J connectivity index is 1.91. The lowest BCUT2D eigenvalue weighted by atomic mass is 10.3. The molecule has 0 radical (unpaired) electrons. The van der Waals surface area contributed by atoms with Crippen molar-refractivity contribution in [3.63, 3.8) is 0 Å². The van der Waals surface area contributed by atoms with Gasteiger partial charge in [-0.25, -0.2) is 0 Å². The number of ether oxygens (including phenoxy) is 1. The Kier molecular flexibility index (Phi) is 8.50. The second-order valence-corrected chi connectivity index (χ2v) is 7.81. The molecule has 1 aromatic carbocycles. The highest BCUT2D eigenvalue weighted by atomic mass is 35.5. The first-order chi connectivity index (χ1) is 13.4. The van der Waals surface area contributed by atoms with Gasteiger partial charge >= 0.3 is 0 Å². The van der Waals surface area contributed by atoms with E-state index in [4.69, 9.17) is 16.3 Å². The first-order valence-electron chi connectivity index (χ1n) is 8.78. The van der Waals surface area contributed by atoms with Gasteiger partial charge in [0.2, 0.25) is 0 Å². The maximum Gasteiger partial charge on any atom is 0.279 e. The van der Waals surface area contributed by atoms with Gasteiger partial charge < -0.3 is 19.9 Å². The molecule has 1 aromatic heterocycles. The number of amides is 2. The van der Waals surface area contributed by atoms with Crippen LogP contribution in [0.5, 0.6) is 5.75 Å². The molecule has 0 saturated carbocycles. The number of hydrogen-bond donors (Lipinski definition) is 2. The summed E-state index contributed by atoms with van der Waals surface area (Å²) in [6.45, 7) is 5.09. The summed E-state index contributed by atoms with van der Waals surface area (Å²) in [5.41, 5.74) is 0.505. The smallest absolute Gasteiger partial charge is 0.279 e. The number of thiophene rings is 1. The highest BCUT2D eigenvalue weighted by Crippen LogP contribution is 2.27. The van der Waals surface area contributed by atoms with Crippen molar-refractivity contribution >= 4 is 40.4 Å². The number of benzene rings is 1. The van der Waals surface area contributed by atoms with E-state index in [0.29, 0.717) is 29.5 Å². The summed E-state index contributed by atoms with van der Waals surface area (Å²) in [6, 6.07) is 8.97. The summed E-state index contributed by atoms with van der Waals surface area (Å²) in [7, 11) is 3.33. The first-order valence-corrected chi connectivity index (χ1v) is 10.0. The highest BCUT2D eigenvalue weighted by molar-refractivity contribution is 7.09. The molecule has 0 aliphatic heterocycles. The van der Waals surface area contributed by atoms with Gasteiger partial charge in [-0.05, 0) is 29.6 Å². The van der Waals surface area contributed by atoms with Gasteiger partial charge in [-0.15, -0.1) is 17.9 Å². The number of anilines is 1. The molecule has 6 nitrogen and oxygen atoms in total. The van der Waals surface area contributed by atoms with Crippen LogP contribution in [0.4, 0.5) is 5.69 Å². The third-order valence-corrected chi connectivity index (χ3v) is 5.08. The summed E-state index contributed by atoms with van der Waals surface area (Å²) in [4.78, 5) is 28.6. The third-order valence-electron chi connectivity index (χ3n) is 3.98. The molecule has 8 heteroatoms. The Morgan fingerprint density at radius 2 is 2.14 bits per heavy atom. The van der Waals surface area contributed by atoms with Crippen LogP contribution < -0.4 is 15.0 Å². The van der Waals surface area contributed by atoms with Crippen molar-refractivity contribution in [2.24, 2.45) is 0 Å². The van der Waals surface area contributed by atoms with E-state index in [-0.39, 0.29) is 24.9 Å². The van der Waals surface area contributed by atoms with Gasteiger partial charge in [0.15, 0.2) is 13.1 Å². The van der Waals surface area contributed by atoms with Crippen molar-refractivity contribution in [3.8, 4) is 5.75 Å². The molecule has 150 valence electrons. The fraction of sp³-hybridized carbons (Fsp3) is 0.300. The predicted molar refractivity (Wildman–Crippen MR) is 113 cm³/mol. The molecule has 2 N–H and O–H groups in total. The third kappa shape index (κ3) is 6.67. The highest BCUT2D eigenvalue weighted by Gasteiger charge is 2.20. The van der Waals surface area contributed by atoms with Crippen LogP contribution in [0, 0.1) is 0 Å². The normalized spacial score (nSPS) is 11.5. The van der Waals surface area contributed by atoms with Crippen molar-refractivity contribution in [2.75, 3.05) is 39.1 Å². The Hall–Kier alpha value is -2.35. The summed E-state index contributed by atoms with van der Waals surface area (Å²) in [6.07, 6.45) is 1.71. The summed E-state index contributed by atoms with van der Waals surface area (Å²) < 4.78 is 5.23. The second-order valence-electron chi connectivity index (χ2n) is 6.35. The molecule has 0 aliphatic rings. The molecule has 1 atom stereocenters. The SMILES string of the molecule is C=CCN(Cc1cccs1)C(=O)C[NH+](C)CC(=O)Nc1cc(Cl)ccc1OC. The quantitative estimate of drug-likeness (QED) is 0.576. The van der Waals surface area contributed by atoms with E-state index < -0.39 is 0 Å². The van der Waals surface area contributed by atoms with Gasteiger partial charge in [0.1, 0.15) is 5.75 Å². The maximum absolute atomic E-state index is 12.6. The van der Waals surface area contributed by atoms with Crippen LogP contribution in [0.2, 0.25) is 5.02 Å². The lowest BCUT2D eigenvalue weighted by Crippen LogP contribution is -3.11. The van der Waals surface area contributed by atoms with Crippen LogP contribution in [-0.2, 0) is 16.1 Å². The van der Waals surface area contributed by atoms with Crippen LogP contribution in [-0.4, -0.2) is 50.5 Å². The number of nitrogens with one attached hydrogen (secondary N) is 2. The standard InChI is InChI=1S/C20H24ClN3O3S/c1-4-9-24(12-16-6-5-10-28-16)20(26)14-23(2)13-19(25)22-17-11-15(21)7-8-18(17)27-3/h4-8,10-11H,1,9,12-14H2,2-3H3,(H,22,25)/p+1. The molecule has 0 bridgehead atoms. The largest absolute Gasteiger partial charge is 0.495 e. The van der Waals surface area contributed by atoms with Crippen molar-refractivity contribution in [1.82, 2.24) is 4.90 Å². The molecule has 0 fully saturated rings. The van der Waals surface area contributed by atoms with E-state index in [0.717, 1.165) is 9.78 Å².